The van der Waals surface area contributed by atoms with E-state index in [-0.39, 0.29) is 11.8 Å². The SMILES string of the molecule is O=C(Nc1cc2c3c(c1)CCC(=O)N3CCC2)c1ccc2ccccc2c1. The number of rotatable bonds is 2. The molecule has 0 spiro atoms. The quantitative estimate of drug-likeness (QED) is 0.743. The molecule has 0 atom stereocenters. The van der Waals surface area contributed by atoms with Crippen LogP contribution in [0.3, 0.4) is 0 Å². The van der Waals surface area contributed by atoms with Crippen molar-refractivity contribution >= 4 is 34.0 Å². The van der Waals surface area contributed by atoms with Gasteiger partial charge in [0.1, 0.15) is 0 Å². The van der Waals surface area contributed by atoms with Crippen LogP contribution in [0.2, 0.25) is 0 Å². The largest absolute Gasteiger partial charge is 0.322 e. The molecule has 0 radical (unpaired) electrons. The minimum Gasteiger partial charge on any atom is -0.322 e. The summed E-state index contributed by atoms with van der Waals surface area (Å²) in [4.78, 5) is 26.9. The lowest BCUT2D eigenvalue weighted by Crippen LogP contribution is -2.39. The molecule has 2 aliphatic rings. The van der Waals surface area contributed by atoms with Gasteiger partial charge in [0.25, 0.3) is 5.91 Å². The molecule has 0 saturated heterocycles. The molecule has 0 aromatic heterocycles. The first kappa shape index (κ1) is 16.1. The molecular weight excluding hydrogens is 336 g/mol. The monoisotopic (exact) mass is 356 g/mol. The van der Waals surface area contributed by atoms with E-state index in [4.69, 9.17) is 0 Å². The number of nitrogens with one attached hydrogen (secondary N) is 1. The van der Waals surface area contributed by atoms with Gasteiger partial charge in [0.2, 0.25) is 5.91 Å². The molecule has 2 heterocycles. The predicted molar refractivity (Wildman–Crippen MR) is 107 cm³/mol. The van der Waals surface area contributed by atoms with Crippen LogP contribution in [0, 0.1) is 0 Å². The Morgan fingerprint density at radius 3 is 2.52 bits per heavy atom. The van der Waals surface area contributed by atoms with Crippen molar-refractivity contribution in [2.24, 2.45) is 0 Å². The number of carbonyl (C=O) groups excluding carboxylic acids is 2. The van der Waals surface area contributed by atoms with Crippen molar-refractivity contribution < 1.29 is 9.59 Å². The van der Waals surface area contributed by atoms with Gasteiger partial charge >= 0.3 is 0 Å². The van der Waals surface area contributed by atoms with Crippen LogP contribution in [0.4, 0.5) is 11.4 Å². The topological polar surface area (TPSA) is 49.4 Å². The van der Waals surface area contributed by atoms with E-state index in [9.17, 15) is 9.59 Å². The number of hydrogen-bond donors (Lipinski definition) is 1. The highest BCUT2D eigenvalue weighted by molar-refractivity contribution is 6.07. The Morgan fingerprint density at radius 1 is 0.889 bits per heavy atom. The zero-order chi connectivity index (χ0) is 18.4. The summed E-state index contributed by atoms with van der Waals surface area (Å²) in [6, 6.07) is 17.8. The molecule has 27 heavy (non-hydrogen) atoms. The van der Waals surface area contributed by atoms with Crippen LogP contribution in [-0.2, 0) is 17.6 Å². The van der Waals surface area contributed by atoms with Crippen LogP contribution in [0.1, 0.15) is 34.3 Å². The number of carbonyl (C=O) groups is 2. The third kappa shape index (κ3) is 2.78. The lowest BCUT2D eigenvalue weighted by Gasteiger charge is -2.35. The van der Waals surface area contributed by atoms with Crippen molar-refractivity contribution in [2.75, 3.05) is 16.8 Å². The van der Waals surface area contributed by atoms with E-state index in [0.29, 0.717) is 12.0 Å². The van der Waals surface area contributed by atoms with Gasteiger partial charge in [-0.15, -0.1) is 0 Å². The summed E-state index contributed by atoms with van der Waals surface area (Å²) < 4.78 is 0. The van der Waals surface area contributed by atoms with Gasteiger partial charge in [0, 0.05) is 24.2 Å². The summed E-state index contributed by atoms with van der Waals surface area (Å²) in [5.74, 6) is 0.115. The summed E-state index contributed by atoms with van der Waals surface area (Å²) in [5.41, 5.74) is 4.89. The Balaban J connectivity index is 1.47. The van der Waals surface area contributed by atoms with Crippen molar-refractivity contribution in [2.45, 2.75) is 25.7 Å². The lowest BCUT2D eigenvalue weighted by atomic mass is 9.91. The van der Waals surface area contributed by atoms with Crippen LogP contribution in [0.5, 0.6) is 0 Å². The Bertz CT molecular complexity index is 1070. The second-order valence-electron chi connectivity index (χ2n) is 7.31. The fourth-order valence-corrected chi connectivity index (χ4v) is 4.26. The molecule has 0 saturated carbocycles. The van der Waals surface area contributed by atoms with Crippen molar-refractivity contribution in [3.63, 3.8) is 0 Å². The minimum atomic E-state index is -0.104. The third-order valence-electron chi connectivity index (χ3n) is 5.54. The Labute approximate surface area is 157 Å². The smallest absolute Gasteiger partial charge is 0.255 e. The van der Waals surface area contributed by atoms with Gasteiger partial charge in [0.15, 0.2) is 0 Å². The van der Waals surface area contributed by atoms with Gasteiger partial charge < -0.3 is 10.2 Å². The highest BCUT2D eigenvalue weighted by Gasteiger charge is 2.29. The number of amides is 2. The Hall–Kier alpha value is -3.14. The van der Waals surface area contributed by atoms with E-state index < -0.39 is 0 Å². The van der Waals surface area contributed by atoms with Crippen LogP contribution < -0.4 is 10.2 Å². The van der Waals surface area contributed by atoms with Gasteiger partial charge in [-0.1, -0.05) is 30.3 Å². The molecule has 134 valence electrons. The maximum atomic E-state index is 12.8. The fraction of sp³-hybridized carbons (Fsp3) is 0.217. The zero-order valence-electron chi connectivity index (χ0n) is 15.0. The maximum Gasteiger partial charge on any atom is 0.255 e. The number of fused-ring (bicyclic) bond motifs is 1. The number of anilines is 2. The molecule has 0 fully saturated rings. The van der Waals surface area contributed by atoms with E-state index in [1.165, 1.54) is 11.1 Å². The number of hydrogen-bond acceptors (Lipinski definition) is 2. The van der Waals surface area contributed by atoms with Gasteiger partial charge in [-0.2, -0.15) is 0 Å². The van der Waals surface area contributed by atoms with Crippen LogP contribution in [-0.4, -0.2) is 18.4 Å². The molecule has 2 aliphatic heterocycles. The fourth-order valence-electron chi connectivity index (χ4n) is 4.26. The van der Waals surface area contributed by atoms with Crippen LogP contribution >= 0.6 is 0 Å². The third-order valence-corrected chi connectivity index (χ3v) is 5.54. The zero-order valence-corrected chi connectivity index (χ0v) is 15.0. The summed E-state index contributed by atoms with van der Waals surface area (Å²) >= 11 is 0. The summed E-state index contributed by atoms with van der Waals surface area (Å²) in [6.45, 7) is 0.807. The molecule has 0 unspecified atom stereocenters. The van der Waals surface area contributed by atoms with E-state index in [1.807, 2.05) is 59.5 Å². The van der Waals surface area contributed by atoms with Gasteiger partial charge in [0.05, 0.1) is 5.69 Å². The molecule has 2 amide bonds. The Kier molecular flexibility index (Phi) is 3.71. The highest BCUT2D eigenvalue weighted by atomic mass is 16.2. The molecular formula is C23H20N2O2. The van der Waals surface area contributed by atoms with Crippen molar-refractivity contribution in [1.82, 2.24) is 0 Å². The molecule has 1 N–H and O–H groups in total. The normalized spacial score (nSPS) is 15.6. The molecule has 4 nitrogen and oxygen atoms in total. The van der Waals surface area contributed by atoms with E-state index >= 15 is 0 Å². The molecule has 5 rings (SSSR count). The average molecular weight is 356 g/mol. The van der Waals surface area contributed by atoms with Gasteiger partial charge in [-0.05, 0) is 65.4 Å². The van der Waals surface area contributed by atoms with Crippen LogP contribution in [0.15, 0.2) is 54.6 Å². The first-order valence-electron chi connectivity index (χ1n) is 9.45. The lowest BCUT2D eigenvalue weighted by molar-refractivity contribution is -0.119. The number of aryl methyl sites for hydroxylation is 2. The van der Waals surface area contributed by atoms with Crippen molar-refractivity contribution in [3.05, 3.63) is 71.3 Å². The summed E-state index contributed by atoms with van der Waals surface area (Å²) in [6.07, 6.45) is 3.22. The van der Waals surface area contributed by atoms with E-state index in [2.05, 4.69) is 5.32 Å². The molecule has 0 aliphatic carbocycles. The standard InChI is InChI=1S/C23H20N2O2/c26-21-10-9-18-14-20(13-17-6-3-11-25(21)22(17)18)24-23(27)19-8-7-15-4-1-2-5-16(15)12-19/h1-2,4-5,7-8,12-14H,3,6,9-11H2,(H,24,27). The number of benzene rings is 3. The predicted octanol–water partition coefficient (Wildman–Crippen LogP) is 4.32. The second-order valence-corrected chi connectivity index (χ2v) is 7.31. The molecule has 0 bridgehead atoms. The minimum absolute atomic E-state index is 0.104. The van der Waals surface area contributed by atoms with Crippen LogP contribution in [0.25, 0.3) is 10.8 Å². The Morgan fingerprint density at radius 2 is 1.67 bits per heavy atom. The molecule has 3 aromatic rings. The summed E-state index contributed by atoms with van der Waals surface area (Å²) in [7, 11) is 0. The van der Waals surface area contributed by atoms with Gasteiger partial charge in [-0.3, -0.25) is 9.59 Å². The number of nitrogens with zero attached hydrogens (tertiary/aromatic N) is 1. The van der Waals surface area contributed by atoms with Crippen molar-refractivity contribution in [3.8, 4) is 0 Å². The molecule has 4 heteroatoms. The second kappa shape index (κ2) is 6.23. The first-order valence-corrected chi connectivity index (χ1v) is 9.45. The van der Waals surface area contributed by atoms with Crippen molar-refractivity contribution in [1.29, 1.82) is 0 Å². The van der Waals surface area contributed by atoms with Gasteiger partial charge in [-0.25, -0.2) is 0 Å². The first-order chi connectivity index (χ1) is 13.2. The molecule has 3 aromatic carbocycles. The average Bonchev–Trinajstić information content (AvgIpc) is 2.70. The van der Waals surface area contributed by atoms with E-state index in [1.54, 1.807) is 0 Å². The highest BCUT2D eigenvalue weighted by Crippen LogP contribution is 2.38. The van der Waals surface area contributed by atoms with E-state index in [0.717, 1.165) is 48.0 Å². The summed E-state index contributed by atoms with van der Waals surface area (Å²) in [5, 5.41) is 5.23. The maximum absolute atomic E-state index is 12.8.